The zero-order chi connectivity index (χ0) is 13.8. The summed E-state index contributed by atoms with van der Waals surface area (Å²) in [6.45, 7) is 0.396. The highest BCUT2D eigenvalue weighted by Gasteiger charge is 2.06. The van der Waals surface area contributed by atoms with Crippen LogP contribution >= 0.6 is 15.9 Å². The van der Waals surface area contributed by atoms with Gasteiger partial charge in [0.05, 0.1) is 25.5 Å². The Morgan fingerprint density at radius 2 is 2.05 bits per heavy atom. The molecule has 0 radical (unpaired) electrons. The fourth-order valence-electron chi connectivity index (χ4n) is 1.60. The second kappa shape index (κ2) is 5.79. The predicted molar refractivity (Wildman–Crippen MR) is 73.1 cm³/mol. The molecule has 1 heterocycles. The molecular weight excluding hydrogens is 312 g/mol. The maximum absolute atomic E-state index is 11.8. The molecule has 0 bridgehead atoms. The molecule has 0 saturated carbocycles. The van der Waals surface area contributed by atoms with E-state index in [0.29, 0.717) is 16.6 Å². The van der Waals surface area contributed by atoms with Crippen molar-refractivity contribution in [3.05, 3.63) is 62.7 Å². The number of hydrogen-bond acceptors (Lipinski definition) is 4. The number of esters is 1. The minimum atomic E-state index is -0.382. The van der Waals surface area contributed by atoms with E-state index < -0.39 is 0 Å². The second-order valence-electron chi connectivity index (χ2n) is 3.86. The van der Waals surface area contributed by atoms with Crippen molar-refractivity contribution in [2.45, 2.75) is 6.54 Å². The summed E-state index contributed by atoms with van der Waals surface area (Å²) in [5.74, 6) is -0.382. The van der Waals surface area contributed by atoms with Crippen molar-refractivity contribution < 1.29 is 9.53 Å². The van der Waals surface area contributed by atoms with Gasteiger partial charge in [-0.3, -0.25) is 9.36 Å². The van der Waals surface area contributed by atoms with Crippen LogP contribution in [-0.2, 0) is 11.3 Å². The number of ether oxygens (including phenoxy) is 1. The van der Waals surface area contributed by atoms with E-state index in [0.717, 1.165) is 5.56 Å². The molecule has 0 unspecified atom stereocenters. The van der Waals surface area contributed by atoms with Gasteiger partial charge in [0.15, 0.2) is 0 Å². The Balaban J connectivity index is 2.22. The molecular formula is C13H11BrN2O3. The van der Waals surface area contributed by atoms with Gasteiger partial charge >= 0.3 is 5.97 Å². The number of rotatable bonds is 3. The summed E-state index contributed by atoms with van der Waals surface area (Å²) in [4.78, 5) is 27.0. The topological polar surface area (TPSA) is 61.2 Å². The van der Waals surface area contributed by atoms with E-state index in [2.05, 4.69) is 25.7 Å². The first-order valence-corrected chi connectivity index (χ1v) is 6.28. The number of carbonyl (C=O) groups excluding carboxylic acids is 1. The molecule has 0 aliphatic rings. The van der Waals surface area contributed by atoms with E-state index in [-0.39, 0.29) is 11.5 Å². The number of aromatic nitrogens is 2. The molecule has 2 rings (SSSR count). The van der Waals surface area contributed by atoms with Crippen LogP contribution in [0.2, 0.25) is 0 Å². The minimum Gasteiger partial charge on any atom is -0.465 e. The van der Waals surface area contributed by atoms with Crippen LogP contribution in [0.1, 0.15) is 15.9 Å². The fourth-order valence-corrected chi connectivity index (χ4v) is 1.94. The van der Waals surface area contributed by atoms with E-state index in [1.807, 2.05) is 0 Å². The number of hydrogen-bond donors (Lipinski definition) is 0. The number of methoxy groups -OCH3 is 1. The van der Waals surface area contributed by atoms with Crippen molar-refractivity contribution in [3.63, 3.8) is 0 Å². The van der Waals surface area contributed by atoms with E-state index >= 15 is 0 Å². The van der Waals surface area contributed by atoms with Gasteiger partial charge in [0, 0.05) is 6.20 Å². The SMILES string of the molecule is COC(=O)c1ccc(Cn2cncc(Br)c2=O)cc1. The largest absolute Gasteiger partial charge is 0.465 e. The van der Waals surface area contributed by atoms with Gasteiger partial charge in [-0.15, -0.1) is 0 Å². The standard InChI is InChI=1S/C13H11BrN2O3/c1-19-13(18)10-4-2-9(3-5-10)7-16-8-15-6-11(14)12(16)17/h2-6,8H,7H2,1H3. The maximum atomic E-state index is 11.8. The van der Waals surface area contributed by atoms with Gasteiger partial charge in [-0.2, -0.15) is 0 Å². The van der Waals surface area contributed by atoms with Gasteiger partial charge in [0.25, 0.3) is 5.56 Å². The minimum absolute atomic E-state index is 0.146. The molecule has 1 aromatic heterocycles. The predicted octanol–water partition coefficient (Wildman–Crippen LogP) is 1.84. The smallest absolute Gasteiger partial charge is 0.337 e. The van der Waals surface area contributed by atoms with Gasteiger partial charge < -0.3 is 4.74 Å². The van der Waals surface area contributed by atoms with Crippen molar-refractivity contribution in [2.24, 2.45) is 0 Å². The van der Waals surface area contributed by atoms with Crippen LogP contribution in [0.4, 0.5) is 0 Å². The Kier molecular flexibility index (Phi) is 4.11. The molecule has 5 nitrogen and oxygen atoms in total. The highest BCUT2D eigenvalue weighted by atomic mass is 79.9. The molecule has 0 aliphatic heterocycles. The normalized spacial score (nSPS) is 10.2. The zero-order valence-corrected chi connectivity index (χ0v) is 11.8. The summed E-state index contributed by atoms with van der Waals surface area (Å²) in [5, 5.41) is 0. The lowest BCUT2D eigenvalue weighted by atomic mass is 10.1. The van der Waals surface area contributed by atoms with Gasteiger partial charge in [-0.1, -0.05) is 12.1 Å². The molecule has 0 atom stereocenters. The molecule has 0 spiro atoms. The highest BCUT2D eigenvalue weighted by Crippen LogP contribution is 2.07. The van der Waals surface area contributed by atoms with Crippen LogP contribution in [-0.4, -0.2) is 22.6 Å². The lowest BCUT2D eigenvalue weighted by Gasteiger charge is -2.06. The number of carbonyl (C=O) groups is 1. The Hall–Kier alpha value is -1.95. The van der Waals surface area contributed by atoms with E-state index in [1.54, 1.807) is 24.3 Å². The number of benzene rings is 1. The van der Waals surface area contributed by atoms with Gasteiger partial charge in [0.1, 0.15) is 4.47 Å². The first-order valence-electron chi connectivity index (χ1n) is 5.49. The molecule has 1 aromatic carbocycles. The third kappa shape index (κ3) is 3.08. The zero-order valence-electron chi connectivity index (χ0n) is 10.2. The Bertz CT molecular complexity index is 650. The second-order valence-corrected chi connectivity index (χ2v) is 4.72. The van der Waals surface area contributed by atoms with Gasteiger partial charge in [-0.25, -0.2) is 9.78 Å². The summed E-state index contributed by atoms with van der Waals surface area (Å²) < 4.78 is 6.52. The Morgan fingerprint density at radius 1 is 1.37 bits per heavy atom. The van der Waals surface area contributed by atoms with Crippen molar-refractivity contribution in [2.75, 3.05) is 7.11 Å². The molecule has 2 aromatic rings. The molecule has 98 valence electrons. The summed E-state index contributed by atoms with van der Waals surface area (Å²) >= 11 is 3.14. The Morgan fingerprint density at radius 3 is 2.68 bits per heavy atom. The van der Waals surface area contributed by atoms with Crippen LogP contribution in [0.25, 0.3) is 0 Å². The third-order valence-corrected chi connectivity index (χ3v) is 3.13. The summed E-state index contributed by atoms with van der Waals surface area (Å²) in [7, 11) is 1.34. The van der Waals surface area contributed by atoms with Crippen molar-refractivity contribution >= 4 is 21.9 Å². The highest BCUT2D eigenvalue weighted by molar-refractivity contribution is 9.10. The fraction of sp³-hybridized carbons (Fsp3) is 0.154. The molecule has 19 heavy (non-hydrogen) atoms. The molecule has 0 amide bonds. The van der Waals surface area contributed by atoms with Gasteiger partial charge in [0.2, 0.25) is 0 Å². The van der Waals surface area contributed by atoms with E-state index in [1.165, 1.54) is 24.2 Å². The maximum Gasteiger partial charge on any atom is 0.337 e. The lowest BCUT2D eigenvalue weighted by molar-refractivity contribution is 0.0600. The van der Waals surface area contributed by atoms with Crippen LogP contribution in [0.3, 0.4) is 0 Å². The van der Waals surface area contributed by atoms with E-state index in [9.17, 15) is 9.59 Å². The summed E-state index contributed by atoms with van der Waals surface area (Å²) in [6, 6.07) is 6.88. The molecule has 0 aliphatic carbocycles. The molecule has 0 fully saturated rings. The molecule has 0 saturated heterocycles. The molecule has 0 N–H and O–H groups in total. The first-order chi connectivity index (χ1) is 9.11. The average molecular weight is 323 g/mol. The molecule has 6 heteroatoms. The number of halogens is 1. The summed E-state index contributed by atoms with van der Waals surface area (Å²) in [6.07, 6.45) is 2.93. The quantitative estimate of drug-likeness (QED) is 0.809. The third-order valence-electron chi connectivity index (χ3n) is 2.59. The number of nitrogens with zero attached hydrogens (tertiary/aromatic N) is 2. The monoisotopic (exact) mass is 322 g/mol. The van der Waals surface area contributed by atoms with Crippen molar-refractivity contribution in [1.29, 1.82) is 0 Å². The van der Waals surface area contributed by atoms with Crippen molar-refractivity contribution in [1.82, 2.24) is 9.55 Å². The lowest BCUT2D eigenvalue weighted by Crippen LogP contribution is -2.21. The average Bonchev–Trinajstić information content (AvgIpc) is 2.44. The Labute approximate surface area is 118 Å². The summed E-state index contributed by atoms with van der Waals surface area (Å²) in [5.41, 5.74) is 1.23. The first kappa shape index (κ1) is 13.5. The van der Waals surface area contributed by atoms with Gasteiger partial charge in [-0.05, 0) is 33.6 Å². The van der Waals surface area contributed by atoms with Crippen LogP contribution in [0.5, 0.6) is 0 Å². The van der Waals surface area contributed by atoms with E-state index in [4.69, 9.17) is 0 Å². The van der Waals surface area contributed by atoms with Crippen LogP contribution < -0.4 is 5.56 Å². The van der Waals surface area contributed by atoms with Crippen molar-refractivity contribution in [3.8, 4) is 0 Å². The van der Waals surface area contributed by atoms with Crippen LogP contribution in [0, 0.1) is 0 Å². The van der Waals surface area contributed by atoms with Crippen LogP contribution in [0.15, 0.2) is 46.1 Å².